The number of carboxylic acid groups (broad SMARTS) is 1. The molecule has 0 aliphatic rings. The van der Waals surface area contributed by atoms with Crippen molar-refractivity contribution in [2.24, 2.45) is 11.3 Å². The minimum absolute atomic E-state index is 0.0211. The zero-order valence-corrected chi connectivity index (χ0v) is 21.5. The van der Waals surface area contributed by atoms with Crippen molar-refractivity contribution in [2.75, 3.05) is 14.1 Å². The number of amides is 2. The highest BCUT2D eigenvalue weighted by atomic mass is 16.4. The van der Waals surface area contributed by atoms with Crippen molar-refractivity contribution >= 4 is 17.8 Å². The van der Waals surface area contributed by atoms with Gasteiger partial charge in [-0.05, 0) is 37.9 Å². The van der Waals surface area contributed by atoms with Crippen molar-refractivity contribution < 1.29 is 19.5 Å². The van der Waals surface area contributed by atoms with Crippen LogP contribution in [0.5, 0.6) is 0 Å². The second kappa shape index (κ2) is 12.0. The van der Waals surface area contributed by atoms with Gasteiger partial charge in [-0.15, -0.1) is 0 Å². The van der Waals surface area contributed by atoms with Gasteiger partial charge in [-0.3, -0.25) is 14.5 Å². The number of aliphatic carboxylic acids is 1. The Labute approximate surface area is 198 Å². The predicted octanol–water partition coefficient (Wildman–Crippen LogP) is 3.42. The smallest absolute Gasteiger partial charge is 0.331 e. The number of nitrogens with one attached hydrogen (secondary N) is 2. The highest BCUT2D eigenvalue weighted by Crippen LogP contribution is 2.25. The predicted molar refractivity (Wildman–Crippen MR) is 132 cm³/mol. The molecule has 2 amide bonds. The van der Waals surface area contributed by atoms with E-state index >= 15 is 0 Å². The van der Waals surface area contributed by atoms with Gasteiger partial charge in [0.25, 0.3) is 0 Å². The zero-order valence-electron chi connectivity index (χ0n) is 21.5. The van der Waals surface area contributed by atoms with Crippen LogP contribution in [-0.2, 0) is 14.4 Å². The van der Waals surface area contributed by atoms with E-state index in [0.717, 1.165) is 5.56 Å². The molecule has 0 bridgehead atoms. The summed E-state index contributed by atoms with van der Waals surface area (Å²) in [5, 5.41) is 15.1. The van der Waals surface area contributed by atoms with E-state index in [1.54, 1.807) is 6.08 Å². The third-order valence-electron chi connectivity index (χ3n) is 5.83. The lowest BCUT2D eigenvalue weighted by molar-refractivity contribution is -0.134. The van der Waals surface area contributed by atoms with E-state index in [2.05, 4.69) is 10.6 Å². The number of carbonyl (C=O) groups is 3. The van der Waals surface area contributed by atoms with Crippen LogP contribution in [0.2, 0.25) is 0 Å². The number of hydrogen-bond acceptors (Lipinski definition) is 4. The maximum atomic E-state index is 13.4. The lowest BCUT2D eigenvalue weighted by atomic mass is 9.84. The molecule has 0 aliphatic heterocycles. The number of nitrogens with zero attached hydrogens (tertiary/aromatic N) is 1. The molecule has 4 atom stereocenters. The SMILES string of the molecule is CC(=CC(NC(=O)C(NC(=O)C(C(C)c1ccccc1)N(C)C)C(C)(C)C)C(C)C)C(=O)O. The van der Waals surface area contributed by atoms with Crippen LogP contribution in [0.1, 0.15) is 59.9 Å². The Morgan fingerprint density at radius 1 is 0.970 bits per heavy atom. The fourth-order valence-corrected chi connectivity index (χ4v) is 3.74. The third-order valence-corrected chi connectivity index (χ3v) is 5.83. The quantitative estimate of drug-likeness (QED) is 0.466. The maximum Gasteiger partial charge on any atom is 0.331 e. The largest absolute Gasteiger partial charge is 0.478 e. The van der Waals surface area contributed by atoms with Crippen molar-refractivity contribution in [1.29, 1.82) is 0 Å². The minimum atomic E-state index is -1.03. The molecule has 1 rings (SSSR count). The van der Waals surface area contributed by atoms with Crippen molar-refractivity contribution in [1.82, 2.24) is 15.5 Å². The maximum absolute atomic E-state index is 13.4. The van der Waals surface area contributed by atoms with Crippen molar-refractivity contribution in [3.8, 4) is 0 Å². The second-order valence-corrected chi connectivity index (χ2v) is 10.3. The lowest BCUT2D eigenvalue weighted by Crippen LogP contribution is -2.59. The van der Waals surface area contributed by atoms with Crippen LogP contribution in [0, 0.1) is 11.3 Å². The number of rotatable bonds is 10. The van der Waals surface area contributed by atoms with Crippen LogP contribution < -0.4 is 10.6 Å². The Hall–Kier alpha value is -2.67. The van der Waals surface area contributed by atoms with Gasteiger partial charge in [-0.2, -0.15) is 0 Å². The molecule has 7 heteroatoms. The van der Waals surface area contributed by atoms with Gasteiger partial charge < -0.3 is 15.7 Å². The van der Waals surface area contributed by atoms with Crippen LogP contribution >= 0.6 is 0 Å². The minimum Gasteiger partial charge on any atom is -0.478 e. The van der Waals surface area contributed by atoms with Gasteiger partial charge in [-0.1, -0.05) is 78.0 Å². The van der Waals surface area contributed by atoms with E-state index in [-0.39, 0.29) is 29.2 Å². The summed E-state index contributed by atoms with van der Waals surface area (Å²) in [6.45, 7) is 13.0. The van der Waals surface area contributed by atoms with E-state index in [1.165, 1.54) is 6.92 Å². The zero-order chi connectivity index (χ0) is 25.5. The van der Waals surface area contributed by atoms with Crippen molar-refractivity contribution in [3.63, 3.8) is 0 Å². The Morgan fingerprint density at radius 3 is 1.94 bits per heavy atom. The summed E-state index contributed by atoms with van der Waals surface area (Å²) in [5.74, 6) is -1.71. The number of likely N-dealkylation sites (N-methyl/N-ethyl adjacent to an activating group) is 1. The second-order valence-electron chi connectivity index (χ2n) is 10.3. The first-order chi connectivity index (χ1) is 15.2. The van der Waals surface area contributed by atoms with Crippen LogP contribution in [-0.4, -0.2) is 60.0 Å². The van der Waals surface area contributed by atoms with Gasteiger partial charge in [0.15, 0.2) is 0 Å². The molecule has 1 aromatic carbocycles. The number of benzene rings is 1. The first-order valence-corrected chi connectivity index (χ1v) is 11.4. The standard InChI is InChI=1S/C26H41N3O4/c1-16(2)20(15-17(3)25(32)33)27-24(31)22(26(5,6)7)28-23(30)21(29(8)9)18(4)19-13-11-10-12-14-19/h10-16,18,20-22H,1-9H3,(H,27,31)(H,28,30)(H,32,33). The molecule has 184 valence electrons. The molecule has 3 N–H and O–H groups in total. The number of hydrogen-bond donors (Lipinski definition) is 3. The van der Waals surface area contributed by atoms with Crippen LogP contribution in [0.4, 0.5) is 0 Å². The summed E-state index contributed by atoms with van der Waals surface area (Å²) in [6, 6.07) is 8.08. The molecule has 0 saturated carbocycles. The molecule has 0 saturated heterocycles. The Morgan fingerprint density at radius 2 is 1.52 bits per heavy atom. The van der Waals surface area contributed by atoms with Gasteiger partial charge in [-0.25, -0.2) is 4.79 Å². The molecule has 0 spiro atoms. The molecule has 0 heterocycles. The molecule has 0 aromatic heterocycles. The van der Waals surface area contributed by atoms with Crippen molar-refractivity contribution in [2.45, 2.75) is 72.5 Å². The summed E-state index contributed by atoms with van der Waals surface area (Å²) in [5.41, 5.74) is 0.645. The van der Waals surface area contributed by atoms with Gasteiger partial charge in [0, 0.05) is 11.5 Å². The summed E-state index contributed by atoms with van der Waals surface area (Å²) >= 11 is 0. The Kier molecular flexibility index (Phi) is 10.3. The first-order valence-electron chi connectivity index (χ1n) is 11.4. The molecule has 7 nitrogen and oxygen atoms in total. The fraction of sp³-hybridized carbons (Fsp3) is 0.577. The average molecular weight is 460 g/mol. The van der Waals surface area contributed by atoms with Gasteiger partial charge >= 0.3 is 5.97 Å². The molecule has 0 radical (unpaired) electrons. The Balaban J connectivity index is 3.17. The van der Waals surface area contributed by atoms with Crippen LogP contribution in [0.25, 0.3) is 0 Å². The topological polar surface area (TPSA) is 98.7 Å². The molecular formula is C26H41N3O4. The lowest BCUT2D eigenvalue weighted by Gasteiger charge is -2.36. The summed E-state index contributed by atoms with van der Waals surface area (Å²) in [6.07, 6.45) is 1.55. The van der Waals surface area contributed by atoms with E-state index in [1.807, 2.05) is 90.9 Å². The van der Waals surface area contributed by atoms with Gasteiger partial charge in [0.1, 0.15) is 6.04 Å². The van der Waals surface area contributed by atoms with E-state index in [0.29, 0.717) is 0 Å². The highest BCUT2D eigenvalue weighted by Gasteiger charge is 2.37. The number of carboxylic acids is 1. The fourth-order valence-electron chi connectivity index (χ4n) is 3.74. The van der Waals surface area contributed by atoms with Gasteiger partial charge in [0.2, 0.25) is 11.8 Å². The van der Waals surface area contributed by atoms with E-state index < -0.39 is 29.5 Å². The van der Waals surface area contributed by atoms with E-state index in [4.69, 9.17) is 0 Å². The Bertz CT molecular complexity index is 841. The van der Waals surface area contributed by atoms with Crippen LogP contribution in [0.3, 0.4) is 0 Å². The average Bonchev–Trinajstić information content (AvgIpc) is 2.70. The van der Waals surface area contributed by atoms with Crippen molar-refractivity contribution in [3.05, 3.63) is 47.5 Å². The molecule has 33 heavy (non-hydrogen) atoms. The first kappa shape index (κ1) is 28.4. The molecular weight excluding hydrogens is 418 g/mol. The normalized spacial score (nSPS) is 16.2. The molecule has 1 aromatic rings. The monoisotopic (exact) mass is 459 g/mol. The molecule has 0 aliphatic carbocycles. The summed E-state index contributed by atoms with van der Waals surface area (Å²) < 4.78 is 0. The number of carbonyl (C=O) groups excluding carboxylic acids is 2. The highest BCUT2D eigenvalue weighted by molar-refractivity contribution is 5.91. The summed E-state index contributed by atoms with van der Waals surface area (Å²) in [4.78, 5) is 39.9. The van der Waals surface area contributed by atoms with Gasteiger partial charge in [0.05, 0.1) is 12.1 Å². The molecule has 0 fully saturated rings. The van der Waals surface area contributed by atoms with E-state index in [9.17, 15) is 19.5 Å². The molecule has 4 unspecified atom stereocenters. The third kappa shape index (κ3) is 8.31. The van der Waals surface area contributed by atoms with Crippen LogP contribution in [0.15, 0.2) is 42.0 Å². The summed E-state index contributed by atoms with van der Waals surface area (Å²) in [7, 11) is 3.70.